The van der Waals surface area contributed by atoms with Gasteiger partial charge in [0.1, 0.15) is 4.90 Å². The van der Waals surface area contributed by atoms with Crippen molar-refractivity contribution in [2.75, 3.05) is 13.1 Å². The lowest BCUT2D eigenvalue weighted by atomic mass is 9.98. The van der Waals surface area contributed by atoms with Crippen LogP contribution in [-0.4, -0.2) is 42.6 Å². The number of nitrogens with one attached hydrogen (secondary N) is 2. The van der Waals surface area contributed by atoms with Gasteiger partial charge in [-0.2, -0.15) is 4.31 Å². The summed E-state index contributed by atoms with van der Waals surface area (Å²) in [4.78, 5) is 28.5. The van der Waals surface area contributed by atoms with Crippen molar-refractivity contribution in [2.45, 2.75) is 17.7 Å². The summed E-state index contributed by atoms with van der Waals surface area (Å²) in [5, 5.41) is 0.557. The van der Waals surface area contributed by atoms with Crippen LogP contribution in [0.3, 0.4) is 0 Å². The highest BCUT2D eigenvalue weighted by atomic mass is 35.5. The molecule has 0 saturated carbocycles. The van der Waals surface area contributed by atoms with E-state index in [2.05, 4.69) is 15.8 Å². The number of hydrazine groups is 1. The Morgan fingerprint density at radius 3 is 2.45 bits per heavy atom. The first-order valence-corrected chi connectivity index (χ1v) is 10.9. The van der Waals surface area contributed by atoms with Gasteiger partial charge < -0.3 is 0 Å². The zero-order valence-electron chi connectivity index (χ0n) is 15.1. The van der Waals surface area contributed by atoms with Gasteiger partial charge in [-0.3, -0.25) is 25.4 Å². The average Bonchev–Trinajstić information content (AvgIpc) is 2.72. The number of hydrogen-bond donors (Lipinski definition) is 2. The van der Waals surface area contributed by atoms with Crippen LogP contribution in [0.5, 0.6) is 0 Å². The third kappa shape index (κ3) is 5.05. The number of pyridine rings is 1. The Kier molecular flexibility index (Phi) is 6.74. The molecule has 1 aliphatic rings. The SMILES string of the molecule is O=C(NNC(=O)C1CCN(S(=O)(=O)c2cccnc2)CC1)c1ccc(Cl)cc1Cl. The Morgan fingerprint density at radius 2 is 1.83 bits per heavy atom. The minimum Gasteiger partial charge on any atom is -0.273 e. The van der Waals surface area contributed by atoms with Crippen LogP contribution in [-0.2, 0) is 14.8 Å². The lowest BCUT2D eigenvalue weighted by Crippen LogP contribution is -2.48. The first-order valence-electron chi connectivity index (χ1n) is 8.74. The van der Waals surface area contributed by atoms with Crippen molar-refractivity contribution in [1.29, 1.82) is 0 Å². The zero-order chi connectivity index (χ0) is 21.0. The lowest BCUT2D eigenvalue weighted by molar-refractivity contribution is -0.126. The number of benzene rings is 1. The van der Waals surface area contributed by atoms with Crippen LogP contribution in [0.15, 0.2) is 47.6 Å². The number of nitrogens with zero attached hydrogens (tertiary/aromatic N) is 2. The Hall–Kier alpha value is -2.20. The molecule has 154 valence electrons. The van der Waals surface area contributed by atoms with E-state index in [1.165, 1.54) is 41.0 Å². The maximum Gasteiger partial charge on any atom is 0.271 e. The van der Waals surface area contributed by atoms with Crippen molar-refractivity contribution in [3.63, 3.8) is 0 Å². The van der Waals surface area contributed by atoms with E-state index < -0.39 is 21.8 Å². The standard InChI is InChI=1S/C18H18Cl2N4O4S/c19-13-3-4-15(16(20)10-13)18(26)23-22-17(25)12-5-8-24(9-6-12)29(27,28)14-2-1-7-21-11-14/h1-4,7,10-12H,5-6,8-9H2,(H,22,25)(H,23,26). The van der Waals surface area contributed by atoms with E-state index in [-0.39, 0.29) is 34.5 Å². The van der Waals surface area contributed by atoms with Gasteiger partial charge in [0.2, 0.25) is 15.9 Å². The summed E-state index contributed by atoms with van der Waals surface area (Å²) in [5.74, 6) is -1.38. The number of hydrogen-bond acceptors (Lipinski definition) is 5. The van der Waals surface area contributed by atoms with Crippen LogP contribution in [0.1, 0.15) is 23.2 Å². The molecule has 2 N–H and O–H groups in total. The number of carbonyl (C=O) groups excluding carboxylic acids is 2. The number of piperidine rings is 1. The van der Waals surface area contributed by atoms with Crippen molar-refractivity contribution in [3.8, 4) is 0 Å². The van der Waals surface area contributed by atoms with Gasteiger partial charge in [0.15, 0.2) is 0 Å². The van der Waals surface area contributed by atoms with Crippen LogP contribution in [0, 0.1) is 5.92 Å². The maximum absolute atomic E-state index is 12.6. The molecule has 0 aliphatic carbocycles. The Bertz CT molecular complexity index is 1010. The van der Waals surface area contributed by atoms with Crippen LogP contribution in [0.25, 0.3) is 0 Å². The fourth-order valence-electron chi connectivity index (χ4n) is 2.97. The number of carbonyl (C=O) groups is 2. The smallest absolute Gasteiger partial charge is 0.271 e. The predicted octanol–water partition coefficient (Wildman–Crippen LogP) is 2.25. The molecular formula is C18H18Cl2N4O4S. The summed E-state index contributed by atoms with van der Waals surface area (Å²) in [6.07, 6.45) is 3.47. The minimum atomic E-state index is -3.64. The van der Waals surface area contributed by atoms with Gasteiger partial charge in [0.25, 0.3) is 5.91 Å². The monoisotopic (exact) mass is 456 g/mol. The van der Waals surface area contributed by atoms with Crippen molar-refractivity contribution in [3.05, 3.63) is 58.3 Å². The summed E-state index contributed by atoms with van der Waals surface area (Å²) in [7, 11) is -3.64. The Balaban J connectivity index is 1.53. The molecule has 0 spiro atoms. The lowest BCUT2D eigenvalue weighted by Gasteiger charge is -2.30. The van der Waals surface area contributed by atoms with Crippen molar-refractivity contribution in [1.82, 2.24) is 20.1 Å². The molecule has 0 bridgehead atoms. The van der Waals surface area contributed by atoms with Crippen LogP contribution in [0.2, 0.25) is 10.0 Å². The van der Waals surface area contributed by atoms with Gasteiger partial charge in [-0.05, 0) is 43.2 Å². The molecule has 1 aliphatic heterocycles. The summed E-state index contributed by atoms with van der Waals surface area (Å²) in [6, 6.07) is 7.44. The van der Waals surface area contributed by atoms with Crippen molar-refractivity contribution >= 4 is 45.0 Å². The van der Waals surface area contributed by atoms with Crippen molar-refractivity contribution in [2.24, 2.45) is 5.92 Å². The Morgan fingerprint density at radius 1 is 1.10 bits per heavy atom. The number of sulfonamides is 1. The number of aromatic nitrogens is 1. The maximum atomic E-state index is 12.6. The molecule has 2 heterocycles. The third-order valence-electron chi connectivity index (χ3n) is 4.57. The highest BCUT2D eigenvalue weighted by Gasteiger charge is 2.32. The molecule has 3 rings (SSSR count). The first-order chi connectivity index (χ1) is 13.8. The highest BCUT2D eigenvalue weighted by Crippen LogP contribution is 2.24. The first kappa shape index (κ1) is 21.5. The second-order valence-electron chi connectivity index (χ2n) is 6.43. The molecule has 1 fully saturated rings. The van der Waals surface area contributed by atoms with E-state index in [1.54, 1.807) is 6.07 Å². The molecule has 8 nitrogen and oxygen atoms in total. The molecule has 0 unspecified atom stereocenters. The van der Waals surface area contributed by atoms with E-state index in [0.717, 1.165) is 0 Å². The van der Waals surface area contributed by atoms with Gasteiger partial charge in [0.05, 0.1) is 10.6 Å². The van der Waals surface area contributed by atoms with Crippen LogP contribution in [0.4, 0.5) is 0 Å². The average molecular weight is 457 g/mol. The quantitative estimate of drug-likeness (QED) is 0.685. The van der Waals surface area contributed by atoms with Gasteiger partial charge >= 0.3 is 0 Å². The second kappa shape index (κ2) is 9.08. The van der Waals surface area contributed by atoms with Gasteiger partial charge in [0, 0.05) is 36.4 Å². The second-order valence-corrected chi connectivity index (χ2v) is 9.22. The summed E-state index contributed by atoms with van der Waals surface area (Å²) < 4.78 is 26.5. The molecular weight excluding hydrogens is 439 g/mol. The molecule has 1 aromatic carbocycles. The third-order valence-corrected chi connectivity index (χ3v) is 7.00. The predicted molar refractivity (Wildman–Crippen MR) is 108 cm³/mol. The topological polar surface area (TPSA) is 108 Å². The Labute approximate surface area is 178 Å². The molecule has 1 saturated heterocycles. The number of halogens is 2. The molecule has 0 atom stereocenters. The van der Waals surface area contributed by atoms with E-state index in [9.17, 15) is 18.0 Å². The number of rotatable bonds is 4. The zero-order valence-corrected chi connectivity index (χ0v) is 17.5. The van der Waals surface area contributed by atoms with Gasteiger partial charge in [-0.25, -0.2) is 8.42 Å². The highest BCUT2D eigenvalue weighted by molar-refractivity contribution is 7.89. The van der Waals surface area contributed by atoms with Crippen LogP contribution >= 0.6 is 23.2 Å². The number of amides is 2. The molecule has 1 aromatic heterocycles. The molecule has 0 radical (unpaired) electrons. The normalized spacial score (nSPS) is 15.7. The molecule has 29 heavy (non-hydrogen) atoms. The molecule has 11 heteroatoms. The van der Waals surface area contributed by atoms with Crippen molar-refractivity contribution < 1.29 is 18.0 Å². The van der Waals surface area contributed by atoms with E-state index >= 15 is 0 Å². The summed E-state index contributed by atoms with van der Waals surface area (Å²) >= 11 is 11.8. The fourth-order valence-corrected chi connectivity index (χ4v) is 4.90. The molecule has 2 aromatic rings. The van der Waals surface area contributed by atoms with Gasteiger partial charge in [-0.15, -0.1) is 0 Å². The summed E-state index contributed by atoms with van der Waals surface area (Å²) in [5.41, 5.74) is 4.86. The summed E-state index contributed by atoms with van der Waals surface area (Å²) in [6.45, 7) is 0.401. The van der Waals surface area contributed by atoms with E-state index in [0.29, 0.717) is 17.9 Å². The molecule has 2 amide bonds. The van der Waals surface area contributed by atoms with Gasteiger partial charge in [-0.1, -0.05) is 23.2 Å². The van der Waals surface area contributed by atoms with Crippen LogP contribution < -0.4 is 10.9 Å². The minimum absolute atomic E-state index is 0.120. The largest absolute Gasteiger partial charge is 0.273 e. The van der Waals surface area contributed by atoms with E-state index in [4.69, 9.17) is 23.2 Å². The van der Waals surface area contributed by atoms with E-state index in [1.807, 2.05) is 0 Å². The fraction of sp³-hybridized carbons (Fsp3) is 0.278.